The number of rotatable bonds is 5. The maximum absolute atomic E-state index is 11.1. The van der Waals surface area contributed by atoms with E-state index in [9.17, 15) is 10.1 Å². The predicted molar refractivity (Wildman–Crippen MR) is 91.4 cm³/mol. The third kappa shape index (κ3) is 4.52. The minimum Gasteiger partial charge on any atom is -0.299 e. The molecule has 5 nitrogen and oxygen atoms in total. The van der Waals surface area contributed by atoms with Gasteiger partial charge in [-0.2, -0.15) is 0 Å². The van der Waals surface area contributed by atoms with E-state index in [1.165, 1.54) is 44.1 Å². The number of nitrogens with zero attached hydrogens (tertiary/aromatic N) is 3. The van der Waals surface area contributed by atoms with Crippen LogP contribution in [0.2, 0.25) is 0 Å². The number of hydrogen-bond acceptors (Lipinski definition) is 4. The lowest BCUT2D eigenvalue weighted by Gasteiger charge is -2.30. The van der Waals surface area contributed by atoms with Crippen LogP contribution in [0.3, 0.4) is 0 Å². The van der Waals surface area contributed by atoms with Crippen molar-refractivity contribution in [2.75, 3.05) is 26.2 Å². The molecule has 2 aliphatic rings. The van der Waals surface area contributed by atoms with Gasteiger partial charge in [0.2, 0.25) is 0 Å². The fraction of sp³-hybridized carbons (Fsp3) is 0.667. The molecule has 0 radical (unpaired) electrons. The molecule has 0 unspecified atom stereocenters. The molecule has 1 aromatic carbocycles. The Bertz CT molecular complexity index is 535. The Balaban J connectivity index is 1.76. The second-order valence-corrected chi connectivity index (χ2v) is 6.88. The highest BCUT2D eigenvalue weighted by Crippen LogP contribution is 2.23. The fourth-order valence-electron chi connectivity index (χ4n) is 3.74. The number of likely N-dealkylation sites (tertiary alicyclic amines) is 2. The molecule has 2 aliphatic heterocycles. The van der Waals surface area contributed by atoms with E-state index in [-0.39, 0.29) is 10.6 Å². The molecule has 0 amide bonds. The average molecular weight is 317 g/mol. The molecule has 3 rings (SSSR count). The first kappa shape index (κ1) is 16.4. The van der Waals surface area contributed by atoms with Crippen LogP contribution in [0.4, 0.5) is 5.69 Å². The quantitative estimate of drug-likeness (QED) is 0.615. The van der Waals surface area contributed by atoms with Crippen molar-refractivity contribution < 1.29 is 4.92 Å². The van der Waals surface area contributed by atoms with E-state index in [1.54, 1.807) is 12.1 Å². The monoisotopic (exact) mass is 317 g/mol. The molecular weight excluding hydrogens is 290 g/mol. The molecule has 0 atom stereocenters. The Labute approximate surface area is 138 Å². The number of piperidine rings is 2. The number of nitro benzene ring substituents is 1. The normalized spacial score (nSPS) is 20.5. The first-order valence-electron chi connectivity index (χ1n) is 8.93. The minimum atomic E-state index is -0.273. The molecular formula is C18H27N3O2. The number of non-ortho nitro benzene ring substituents is 1. The Morgan fingerprint density at radius 3 is 1.87 bits per heavy atom. The molecule has 0 N–H and O–H groups in total. The van der Waals surface area contributed by atoms with Gasteiger partial charge in [0.25, 0.3) is 5.69 Å². The van der Waals surface area contributed by atoms with Gasteiger partial charge in [-0.1, -0.05) is 18.9 Å². The smallest absolute Gasteiger partial charge is 0.269 e. The number of nitro groups is 1. The molecule has 5 heteroatoms. The van der Waals surface area contributed by atoms with Gasteiger partial charge in [-0.3, -0.25) is 19.9 Å². The highest BCUT2D eigenvalue weighted by Gasteiger charge is 2.18. The largest absolute Gasteiger partial charge is 0.299 e. The van der Waals surface area contributed by atoms with E-state index >= 15 is 0 Å². The molecule has 0 saturated carbocycles. The molecule has 2 fully saturated rings. The molecule has 0 aromatic heterocycles. The molecule has 0 aliphatic carbocycles. The second kappa shape index (κ2) is 7.88. The van der Waals surface area contributed by atoms with Gasteiger partial charge in [-0.05, 0) is 63.0 Å². The molecule has 23 heavy (non-hydrogen) atoms. The summed E-state index contributed by atoms with van der Waals surface area (Å²) in [6.45, 7) is 6.32. The Morgan fingerprint density at radius 1 is 0.826 bits per heavy atom. The topological polar surface area (TPSA) is 49.6 Å². The van der Waals surface area contributed by atoms with E-state index in [0.29, 0.717) is 0 Å². The van der Waals surface area contributed by atoms with Crippen molar-refractivity contribution >= 4 is 5.69 Å². The Kier molecular flexibility index (Phi) is 5.62. The van der Waals surface area contributed by atoms with Gasteiger partial charge < -0.3 is 0 Å². The molecule has 126 valence electrons. The predicted octanol–water partition coefficient (Wildman–Crippen LogP) is 3.57. The molecule has 2 heterocycles. The van der Waals surface area contributed by atoms with Crippen molar-refractivity contribution in [3.63, 3.8) is 0 Å². The van der Waals surface area contributed by atoms with Crippen LogP contribution in [-0.4, -0.2) is 40.9 Å². The summed E-state index contributed by atoms with van der Waals surface area (Å²) in [4.78, 5) is 15.8. The fourth-order valence-corrected chi connectivity index (χ4v) is 3.74. The summed E-state index contributed by atoms with van der Waals surface area (Å²) in [5, 5.41) is 11.1. The summed E-state index contributed by atoms with van der Waals surface area (Å²) in [6, 6.07) is 5.44. The molecule has 0 bridgehead atoms. The summed E-state index contributed by atoms with van der Waals surface area (Å²) < 4.78 is 0. The van der Waals surface area contributed by atoms with Crippen molar-refractivity contribution in [2.24, 2.45) is 0 Å². The third-order valence-corrected chi connectivity index (χ3v) is 5.09. The second-order valence-electron chi connectivity index (χ2n) is 6.88. The number of hydrogen-bond donors (Lipinski definition) is 0. The lowest BCUT2D eigenvalue weighted by Crippen LogP contribution is -2.31. The van der Waals surface area contributed by atoms with E-state index in [1.807, 2.05) is 6.07 Å². The van der Waals surface area contributed by atoms with Crippen LogP contribution in [0.5, 0.6) is 0 Å². The van der Waals surface area contributed by atoms with E-state index in [4.69, 9.17) is 0 Å². The van der Waals surface area contributed by atoms with Gasteiger partial charge in [0.05, 0.1) is 4.92 Å². The highest BCUT2D eigenvalue weighted by molar-refractivity contribution is 5.40. The van der Waals surface area contributed by atoms with Crippen LogP contribution >= 0.6 is 0 Å². The standard InChI is InChI=1S/C18H27N3O2/c22-21(23)18-8-7-16(14-19-9-3-1-4-10-19)17(13-18)15-20-11-5-2-6-12-20/h7-8,13H,1-6,9-12,14-15H2. The summed E-state index contributed by atoms with van der Waals surface area (Å²) in [5.41, 5.74) is 2.63. The molecule has 0 spiro atoms. The van der Waals surface area contributed by atoms with Gasteiger partial charge in [-0.25, -0.2) is 0 Å². The third-order valence-electron chi connectivity index (χ3n) is 5.09. The van der Waals surface area contributed by atoms with Crippen molar-refractivity contribution in [1.82, 2.24) is 9.80 Å². The Morgan fingerprint density at radius 2 is 1.35 bits per heavy atom. The van der Waals surface area contributed by atoms with Gasteiger partial charge in [0, 0.05) is 25.2 Å². The average Bonchev–Trinajstić information content (AvgIpc) is 2.58. The van der Waals surface area contributed by atoms with E-state index in [0.717, 1.165) is 44.8 Å². The summed E-state index contributed by atoms with van der Waals surface area (Å²) in [5.74, 6) is 0. The maximum atomic E-state index is 11.1. The van der Waals surface area contributed by atoms with Crippen LogP contribution in [0.15, 0.2) is 18.2 Å². The van der Waals surface area contributed by atoms with Crippen molar-refractivity contribution in [2.45, 2.75) is 51.6 Å². The zero-order valence-corrected chi connectivity index (χ0v) is 13.9. The van der Waals surface area contributed by atoms with E-state index < -0.39 is 0 Å². The van der Waals surface area contributed by atoms with Gasteiger partial charge in [-0.15, -0.1) is 0 Å². The maximum Gasteiger partial charge on any atom is 0.269 e. The number of benzene rings is 1. The van der Waals surface area contributed by atoms with Crippen LogP contribution < -0.4 is 0 Å². The first-order chi connectivity index (χ1) is 11.2. The molecule has 2 saturated heterocycles. The lowest BCUT2D eigenvalue weighted by molar-refractivity contribution is -0.384. The van der Waals surface area contributed by atoms with Crippen LogP contribution in [0.1, 0.15) is 49.7 Å². The highest BCUT2D eigenvalue weighted by atomic mass is 16.6. The summed E-state index contributed by atoms with van der Waals surface area (Å²) in [6.07, 6.45) is 7.68. The summed E-state index contributed by atoms with van der Waals surface area (Å²) >= 11 is 0. The lowest BCUT2D eigenvalue weighted by atomic mass is 10.0. The van der Waals surface area contributed by atoms with Crippen LogP contribution in [0.25, 0.3) is 0 Å². The first-order valence-corrected chi connectivity index (χ1v) is 8.93. The Hall–Kier alpha value is -1.46. The molecule has 1 aromatic rings. The van der Waals surface area contributed by atoms with Gasteiger partial charge >= 0.3 is 0 Å². The van der Waals surface area contributed by atoms with Crippen molar-refractivity contribution in [3.8, 4) is 0 Å². The van der Waals surface area contributed by atoms with Gasteiger partial charge in [0.1, 0.15) is 0 Å². The summed E-state index contributed by atoms with van der Waals surface area (Å²) in [7, 11) is 0. The van der Waals surface area contributed by atoms with Crippen LogP contribution in [-0.2, 0) is 13.1 Å². The minimum absolute atomic E-state index is 0.222. The van der Waals surface area contributed by atoms with Crippen molar-refractivity contribution in [3.05, 3.63) is 39.4 Å². The van der Waals surface area contributed by atoms with Crippen molar-refractivity contribution in [1.29, 1.82) is 0 Å². The SMILES string of the molecule is O=[N+]([O-])c1ccc(CN2CCCCC2)c(CN2CCCCC2)c1. The zero-order chi connectivity index (χ0) is 16.1. The zero-order valence-electron chi connectivity index (χ0n) is 13.9. The van der Waals surface area contributed by atoms with Gasteiger partial charge in [0.15, 0.2) is 0 Å². The van der Waals surface area contributed by atoms with E-state index in [2.05, 4.69) is 9.80 Å². The van der Waals surface area contributed by atoms with Crippen LogP contribution in [0, 0.1) is 10.1 Å².